The summed E-state index contributed by atoms with van der Waals surface area (Å²) < 4.78 is 34.3. The van der Waals surface area contributed by atoms with Crippen LogP contribution in [0, 0.1) is 10.8 Å². The van der Waals surface area contributed by atoms with Gasteiger partial charge in [-0.05, 0) is 13.8 Å². The van der Waals surface area contributed by atoms with Crippen LogP contribution in [-0.2, 0) is 18.9 Å². The van der Waals surface area contributed by atoms with E-state index in [0.717, 1.165) is 0 Å². The van der Waals surface area contributed by atoms with Gasteiger partial charge in [-0.3, -0.25) is 0 Å². The number of nitrogens with zero attached hydrogens (tertiary/aromatic N) is 2. The lowest BCUT2D eigenvalue weighted by molar-refractivity contribution is -0.0461. The minimum Gasteiger partial charge on any atom is -0.457 e. The molecule has 2 fully saturated rings. The van der Waals surface area contributed by atoms with Crippen LogP contribution in [0.2, 0.25) is 0 Å². The lowest BCUT2D eigenvalue weighted by Gasteiger charge is -2.36. The third-order valence-corrected chi connectivity index (χ3v) is 9.67. The maximum absolute atomic E-state index is 13.2. The molecule has 2 aromatic heterocycles. The monoisotopic (exact) mass is 742 g/mol. The molecule has 0 aromatic carbocycles. The van der Waals surface area contributed by atoms with E-state index in [1.54, 1.807) is 60.8 Å². The highest BCUT2D eigenvalue weighted by Crippen LogP contribution is 2.34. The molecule has 288 valence electrons. The number of ether oxygens (including phenoxy) is 4. The number of aliphatic hydroxyl groups is 2. The van der Waals surface area contributed by atoms with Crippen molar-refractivity contribution in [1.29, 1.82) is 0 Å². The van der Waals surface area contributed by atoms with Crippen molar-refractivity contribution >= 4 is 24.1 Å². The number of aromatic nitrogens is 2. The Kier molecular flexibility index (Phi) is 13.4. The first kappa shape index (κ1) is 40.3. The van der Waals surface area contributed by atoms with Crippen LogP contribution in [0.25, 0.3) is 12.2 Å². The number of allylic oxidation sites excluding steroid dienone is 6. The number of carbonyl (C=O) groups is 2. The molecule has 0 radical (unpaired) electrons. The molecule has 0 unspecified atom stereocenters. The van der Waals surface area contributed by atoms with Crippen LogP contribution < -0.4 is 0 Å². The van der Waals surface area contributed by atoms with Gasteiger partial charge in [-0.15, -0.1) is 0 Å². The molecule has 8 atom stereocenters. The van der Waals surface area contributed by atoms with E-state index >= 15 is 0 Å². The van der Waals surface area contributed by atoms with Crippen molar-refractivity contribution in [2.24, 2.45) is 10.8 Å². The predicted octanol–water partition coefficient (Wildman–Crippen LogP) is 6.92. The molecule has 12 heteroatoms. The van der Waals surface area contributed by atoms with Crippen LogP contribution in [0.3, 0.4) is 0 Å². The normalized spacial score (nSPS) is 27.0. The van der Waals surface area contributed by atoms with E-state index in [2.05, 4.69) is 9.97 Å². The number of epoxide rings is 2. The fourth-order valence-corrected chi connectivity index (χ4v) is 5.73. The third-order valence-electron chi connectivity index (χ3n) is 9.67. The molecule has 4 bridgehead atoms. The highest BCUT2D eigenvalue weighted by Gasteiger charge is 2.40. The zero-order valence-corrected chi connectivity index (χ0v) is 31.5. The second-order valence-corrected chi connectivity index (χ2v) is 14.5. The van der Waals surface area contributed by atoms with Gasteiger partial charge in [-0.2, -0.15) is 0 Å². The Bertz CT molecular complexity index is 1700. The number of carbonyl (C=O) groups excluding carboxylic acids is 2. The second-order valence-electron chi connectivity index (χ2n) is 14.5. The molecule has 5 rings (SSSR count). The maximum atomic E-state index is 13.2. The van der Waals surface area contributed by atoms with Crippen LogP contribution in [0.5, 0.6) is 0 Å². The predicted molar refractivity (Wildman–Crippen MR) is 202 cm³/mol. The van der Waals surface area contributed by atoms with Crippen molar-refractivity contribution in [3.63, 3.8) is 0 Å². The minimum atomic E-state index is -0.874. The van der Waals surface area contributed by atoms with Crippen molar-refractivity contribution in [2.45, 2.75) is 103 Å². The van der Waals surface area contributed by atoms with Gasteiger partial charge in [0.1, 0.15) is 49.2 Å². The Labute approximate surface area is 315 Å². The summed E-state index contributed by atoms with van der Waals surface area (Å²) in [4.78, 5) is 35.0. The van der Waals surface area contributed by atoms with E-state index in [0.29, 0.717) is 12.8 Å². The number of oxazole rings is 2. The van der Waals surface area contributed by atoms with Crippen molar-refractivity contribution < 1.29 is 47.6 Å². The van der Waals surface area contributed by atoms with Gasteiger partial charge < -0.3 is 38.0 Å². The van der Waals surface area contributed by atoms with Gasteiger partial charge in [0.2, 0.25) is 11.8 Å². The number of esters is 2. The topological polar surface area (TPSA) is 170 Å². The van der Waals surface area contributed by atoms with Gasteiger partial charge in [-0.1, -0.05) is 113 Å². The Morgan fingerprint density at radius 3 is 1.43 bits per heavy atom. The third kappa shape index (κ3) is 10.6. The van der Waals surface area contributed by atoms with Crippen molar-refractivity contribution in [2.75, 3.05) is 0 Å². The SMILES string of the molecule is CC=C[C@H](O)C(C)(C)[C@@H]1CC=C[C@@H]2O[C@@H]2C=CC=Cc2nc(co2)C(=O)O[C@@H](C(C)(C)[C@@H](O)C=CC)CC=C[C@@H]2O[C@@H]2C=CC=Cc2nc(co2)C(=O)O1. The lowest BCUT2D eigenvalue weighted by atomic mass is 9.79. The van der Waals surface area contributed by atoms with Crippen LogP contribution in [-0.4, -0.2) is 81.0 Å². The summed E-state index contributed by atoms with van der Waals surface area (Å²) in [5.41, 5.74) is -1.65. The largest absolute Gasteiger partial charge is 0.457 e. The molecule has 2 aromatic rings. The Hall–Kier alpha value is -4.88. The van der Waals surface area contributed by atoms with E-state index in [4.69, 9.17) is 27.8 Å². The first-order valence-corrected chi connectivity index (χ1v) is 18.1. The van der Waals surface area contributed by atoms with Crippen molar-refractivity contribution in [1.82, 2.24) is 9.97 Å². The molecule has 5 heterocycles. The fraction of sp³-hybridized carbons (Fsp3) is 0.429. The molecule has 0 aliphatic carbocycles. The molecular weight excluding hydrogens is 692 g/mol. The summed E-state index contributed by atoms with van der Waals surface area (Å²) in [6.45, 7) is 11.0. The average Bonchev–Trinajstić information content (AvgIpc) is 3.93. The van der Waals surface area contributed by atoms with Gasteiger partial charge >= 0.3 is 11.9 Å². The second kappa shape index (κ2) is 18.0. The van der Waals surface area contributed by atoms with Crippen LogP contribution in [0.1, 0.15) is 87.1 Å². The van der Waals surface area contributed by atoms with Gasteiger partial charge in [0.05, 0.1) is 12.2 Å². The van der Waals surface area contributed by atoms with Gasteiger partial charge in [0.15, 0.2) is 11.4 Å². The van der Waals surface area contributed by atoms with Crippen LogP contribution >= 0.6 is 0 Å². The van der Waals surface area contributed by atoms with Crippen LogP contribution in [0.4, 0.5) is 0 Å². The van der Waals surface area contributed by atoms with Gasteiger partial charge in [0.25, 0.3) is 0 Å². The zero-order valence-electron chi connectivity index (χ0n) is 31.5. The van der Waals surface area contributed by atoms with Crippen LogP contribution in [0.15, 0.2) is 106 Å². The summed E-state index contributed by atoms with van der Waals surface area (Å²) in [7, 11) is 0. The standard InChI is InChI=1S/C42H50N2O10/c1-7-15-33(45)41(3,4)35-21-13-19-31-29(51-31)17-9-12-24-38-44-28(26-50-38)40(48)54-36(42(5,6)34(46)16-8-2)22-14-20-32-30(52-32)18-10-11-23-37-43-27(25-49-37)39(47)53-35/h7-20,23-26,29-36,45-46H,21-22H2,1-6H3/t29-,30-,31+,32+,33+,34+,35-,36+/m1/s1. The summed E-state index contributed by atoms with van der Waals surface area (Å²) in [6, 6.07) is 0. The molecule has 3 aliphatic rings. The molecule has 0 spiro atoms. The Balaban J connectivity index is 1.35. The van der Waals surface area contributed by atoms with E-state index < -0.39 is 47.2 Å². The van der Waals surface area contributed by atoms with Crippen molar-refractivity contribution in [3.8, 4) is 0 Å². The number of cyclic esters (lactones) is 2. The first-order valence-electron chi connectivity index (χ1n) is 18.1. The van der Waals surface area contributed by atoms with E-state index in [1.165, 1.54) is 12.5 Å². The van der Waals surface area contributed by atoms with Gasteiger partial charge in [-0.25, -0.2) is 19.6 Å². The quantitative estimate of drug-likeness (QED) is 0.178. The molecule has 12 nitrogen and oxygen atoms in total. The molecule has 54 heavy (non-hydrogen) atoms. The zero-order chi connectivity index (χ0) is 38.9. The molecule has 0 saturated carbocycles. The number of hydrogen-bond donors (Lipinski definition) is 2. The number of hydrogen-bond acceptors (Lipinski definition) is 12. The summed E-state index contributed by atoms with van der Waals surface area (Å²) >= 11 is 0. The number of aliphatic hydroxyl groups excluding tert-OH is 2. The number of rotatable bonds is 6. The summed E-state index contributed by atoms with van der Waals surface area (Å²) in [5, 5.41) is 21.8. The molecule has 2 saturated heterocycles. The summed E-state index contributed by atoms with van der Waals surface area (Å²) in [5.74, 6) is -0.902. The smallest absolute Gasteiger partial charge is 0.360 e. The minimum absolute atomic E-state index is 0.00877. The highest BCUT2D eigenvalue weighted by molar-refractivity contribution is 5.87. The molecular formula is C42H50N2O10. The highest BCUT2D eigenvalue weighted by atomic mass is 16.6. The lowest BCUT2D eigenvalue weighted by Crippen LogP contribution is -2.42. The van der Waals surface area contributed by atoms with E-state index in [-0.39, 0.29) is 47.6 Å². The Morgan fingerprint density at radius 1 is 0.648 bits per heavy atom. The Morgan fingerprint density at radius 2 is 1.04 bits per heavy atom. The number of fused-ring (bicyclic) bond motifs is 6. The van der Waals surface area contributed by atoms with E-state index in [9.17, 15) is 19.8 Å². The molecule has 0 amide bonds. The fourth-order valence-electron chi connectivity index (χ4n) is 5.73. The molecule has 2 N–H and O–H groups in total. The average molecular weight is 743 g/mol. The first-order chi connectivity index (χ1) is 25.8. The summed E-state index contributed by atoms with van der Waals surface area (Å²) in [6.07, 6.45) is 27.7. The van der Waals surface area contributed by atoms with Gasteiger partial charge in [0, 0.05) is 35.8 Å². The van der Waals surface area contributed by atoms with E-state index in [1.807, 2.05) is 78.0 Å². The molecule has 3 aliphatic heterocycles. The van der Waals surface area contributed by atoms with Crippen molar-refractivity contribution in [3.05, 3.63) is 121 Å². The maximum Gasteiger partial charge on any atom is 0.360 e.